The maximum Gasteiger partial charge on any atom is 0.292 e. The van der Waals surface area contributed by atoms with Gasteiger partial charge < -0.3 is 5.32 Å². The van der Waals surface area contributed by atoms with E-state index in [1.807, 2.05) is 0 Å². The van der Waals surface area contributed by atoms with Gasteiger partial charge in [-0.15, -0.1) is 0 Å². The predicted octanol–water partition coefficient (Wildman–Crippen LogP) is 1.87. The molecule has 0 unspecified atom stereocenters. The van der Waals surface area contributed by atoms with E-state index in [1.165, 1.54) is 24.2 Å². The third kappa shape index (κ3) is 3.11. The van der Waals surface area contributed by atoms with Gasteiger partial charge in [0.05, 0.1) is 18.2 Å². The first-order valence-corrected chi connectivity index (χ1v) is 8.00. The van der Waals surface area contributed by atoms with Crippen molar-refractivity contribution in [2.45, 2.75) is 50.6 Å². The molecule has 112 valence electrons. The molecule has 1 aromatic carbocycles. The van der Waals surface area contributed by atoms with Gasteiger partial charge in [-0.25, -0.2) is 4.90 Å². The number of hydrogen-bond acceptors (Lipinski definition) is 2. The maximum absolute atomic E-state index is 12.5. The van der Waals surface area contributed by atoms with Crippen LogP contribution in [0.25, 0.3) is 0 Å². The lowest BCUT2D eigenvalue weighted by atomic mass is 9.95. The topological polar surface area (TPSA) is 54.0 Å². The van der Waals surface area contributed by atoms with Gasteiger partial charge >= 0.3 is 0 Å². The quantitative estimate of drug-likeness (QED) is 0.867. The average Bonchev–Trinajstić information content (AvgIpc) is 2.76. The molecule has 0 spiro atoms. The standard InChI is InChI=1S/C16H19ClN2O2/c17-11-6-8-13(9-7-11)19-15(20)10-14(16(19)21)18-12-4-2-1-3-5-12/h6-9,12,14,18H,1-5,10H2/p+1/t14-/m0/s1. The van der Waals surface area contributed by atoms with Crippen molar-refractivity contribution in [3.05, 3.63) is 29.3 Å². The lowest BCUT2D eigenvalue weighted by Gasteiger charge is -2.22. The monoisotopic (exact) mass is 307 g/mol. The number of anilines is 1. The zero-order valence-corrected chi connectivity index (χ0v) is 12.7. The van der Waals surface area contributed by atoms with Gasteiger partial charge in [-0.2, -0.15) is 0 Å². The molecule has 21 heavy (non-hydrogen) atoms. The Morgan fingerprint density at radius 1 is 1.05 bits per heavy atom. The van der Waals surface area contributed by atoms with Gasteiger partial charge in [0.1, 0.15) is 0 Å². The molecule has 2 fully saturated rings. The highest BCUT2D eigenvalue weighted by Crippen LogP contribution is 2.24. The van der Waals surface area contributed by atoms with Gasteiger partial charge in [0.2, 0.25) is 5.91 Å². The Morgan fingerprint density at radius 2 is 1.71 bits per heavy atom. The zero-order chi connectivity index (χ0) is 14.8. The van der Waals surface area contributed by atoms with Gasteiger partial charge in [-0.3, -0.25) is 9.59 Å². The van der Waals surface area contributed by atoms with Crippen molar-refractivity contribution in [3.8, 4) is 0 Å². The molecular weight excluding hydrogens is 288 g/mol. The number of quaternary nitrogens is 1. The summed E-state index contributed by atoms with van der Waals surface area (Å²) in [6.07, 6.45) is 6.36. The van der Waals surface area contributed by atoms with E-state index >= 15 is 0 Å². The normalized spacial score (nSPS) is 23.9. The van der Waals surface area contributed by atoms with E-state index in [0.29, 0.717) is 23.2 Å². The molecule has 2 amide bonds. The molecule has 5 heteroatoms. The third-order valence-corrected chi connectivity index (χ3v) is 4.67. The second kappa shape index (κ2) is 6.16. The van der Waals surface area contributed by atoms with Crippen LogP contribution in [-0.4, -0.2) is 23.9 Å². The highest BCUT2D eigenvalue weighted by molar-refractivity contribution is 6.30. The number of rotatable bonds is 3. The van der Waals surface area contributed by atoms with E-state index in [2.05, 4.69) is 5.32 Å². The van der Waals surface area contributed by atoms with Crippen LogP contribution in [-0.2, 0) is 9.59 Å². The molecule has 1 aliphatic heterocycles. The van der Waals surface area contributed by atoms with Crippen LogP contribution in [0.2, 0.25) is 5.02 Å². The fourth-order valence-corrected chi connectivity index (χ4v) is 3.45. The fraction of sp³-hybridized carbons (Fsp3) is 0.500. The van der Waals surface area contributed by atoms with Crippen molar-refractivity contribution >= 4 is 29.1 Å². The highest BCUT2D eigenvalue weighted by Gasteiger charge is 2.43. The molecule has 0 radical (unpaired) electrons. The summed E-state index contributed by atoms with van der Waals surface area (Å²) in [7, 11) is 0. The van der Waals surface area contributed by atoms with E-state index in [-0.39, 0.29) is 17.9 Å². The van der Waals surface area contributed by atoms with Crippen molar-refractivity contribution in [2.75, 3.05) is 4.90 Å². The first kappa shape index (κ1) is 14.5. The molecule has 0 bridgehead atoms. The Hall–Kier alpha value is -1.39. The molecule has 0 aromatic heterocycles. The van der Waals surface area contributed by atoms with Crippen LogP contribution >= 0.6 is 11.6 Å². The minimum Gasteiger partial charge on any atom is -0.333 e. The zero-order valence-electron chi connectivity index (χ0n) is 11.9. The Labute approximate surface area is 129 Å². The second-order valence-electron chi connectivity index (χ2n) is 5.94. The smallest absolute Gasteiger partial charge is 0.292 e. The molecule has 2 N–H and O–H groups in total. The number of imide groups is 1. The summed E-state index contributed by atoms with van der Waals surface area (Å²) in [5.74, 6) is -0.202. The van der Waals surface area contributed by atoms with E-state index < -0.39 is 0 Å². The van der Waals surface area contributed by atoms with Crippen LogP contribution in [0.5, 0.6) is 0 Å². The Bertz CT molecular complexity index is 538. The fourth-order valence-electron chi connectivity index (χ4n) is 3.32. The first-order valence-electron chi connectivity index (χ1n) is 7.62. The summed E-state index contributed by atoms with van der Waals surface area (Å²) in [5.41, 5.74) is 0.619. The minimum absolute atomic E-state index is 0.0899. The Morgan fingerprint density at radius 3 is 2.38 bits per heavy atom. The number of nitrogens with two attached hydrogens (primary N) is 1. The van der Waals surface area contributed by atoms with E-state index in [9.17, 15) is 9.59 Å². The van der Waals surface area contributed by atoms with Gasteiger partial charge in [0.15, 0.2) is 6.04 Å². The molecule has 1 aromatic rings. The van der Waals surface area contributed by atoms with Crippen LogP contribution < -0.4 is 10.2 Å². The number of nitrogens with zero attached hydrogens (tertiary/aromatic N) is 1. The molecular formula is C16H20ClN2O2+. The summed E-state index contributed by atoms with van der Waals surface area (Å²) in [4.78, 5) is 26.0. The highest BCUT2D eigenvalue weighted by atomic mass is 35.5. The molecule has 3 rings (SSSR count). The molecule has 1 atom stereocenters. The van der Waals surface area contributed by atoms with E-state index in [1.54, 1.807) is 24.3 Å². The number of benzene rings is 1. The number of hydrogen-bond donors (Lipinski definition) is 1. The molecule has 1 saturated carbocycles. The van der Waals surface area contributed by atoms with Gasteiger partial charge in [-0.1, -0.05) is 18.0 Å². The maximum atomic E-state index is 12.5. The molecule has 1 heterocycles. The van der Waals surface area contributed by atoms with Crippen molar-refractivity contribution in [1.82, 2.24) is 0 Å². The average molecular weight is 308 g/mol. The second-order valence-corrected chi connectivity index (χ2v) is 6.38. The van der Waals surface area contributed by atoms with Crippen molar-refractivity contribution in [2.24, 2.45) is 0 Å². The van der Waals surface area contributed by atoms with Crippen molar-refractivity contribution in [1.29, 1.82) is 0 Å². The summed E-state index contributed by atoms with van der Waals surface area (Å²) in [6.45, 7) is 0. The van der Waals surface area contributed by atoms with Crippen molar-refractivity contribution in [3.63, 3.8) is 0 Å². The van der Waals surface area contributed by atoms with Gasteiger partial charge in [0.25, 0.3) is 5.91 Å². The first-order chi connectivity index (χ1) is 10.1. The summed E-state index contributed by atoms with van der Waals surface area (Å²) >= 11 is 5.85. The Balaban J connectivity index is 1.71. The third-order valence-electron chi connectivity index (χ3n) is 4.42. The SMILES string of the molecule is O=C1C[C@H]([NH2+]C2CCCCC2)C(=O)N1c1ccc(Cl)cc1. The number of halogens is 1. The van der Waals surface area contributed by atoms with E-state index in [4.69, 9.17) is 11.6 Å². The minimum atomic E-state index is -0.253. The van der Waals surface area contributed by atoms with E-state index in [0.717, 1.165) is 12.8 Å². The lowest BCUT2D eigenvalue weighted by Crippen LogP contribution is -2.96. The van der Waals surface area contributed by atoms with Crippen LogP contribution in [0.1, 0.15) is 38.5 Å². The molecule has 2 aliphatic rings. The number of carbonyl (C=O) groups excluding carboxylic acids is 2. The Kier molecular flexibility index (Phi) is 4.27. The largest absolute Gasteiger partial charge is 0.333 e. The van der Waals surface area contributed by atoms with Crippen LogP contribution in [0.3, 0.4) is 0 Å². The van der Waals surface area contributed by atoms with Gasteiger partial charge in [-0.05, 0) is 49.9 Å². The summed E-state index contributed by atoms with van der Waals surface area (Å²) < 4.78 is 0. The number of amides is 2. The van der Waals surface area contributed by atoms with Crippen LogP contribution in [0.15, 0.2) is 24.3 Å². The molecule has 1 saturated heterocycles. The lowest BCUT2D eigenvalue weighted by molar-refractivity contribution is -0.710. The molecule has 1 aliphatic carbocycles. The van der Waals surface area contributed by atoms with Crippen LogP contribution in [0.4, 0.5) is 5.69 Å². The summed E-state index contributed by atoms with van der Waals surface area (Å²) in [6, 6.07) is 7.09. The van der Waals surface area contributed by atoms with Crippen LogP contribution in [0, 0.1) is 0 Å². The predicted molar refractivity (Wildman–Crippen MR) is 81.1 cm³/mol. The van der Waals surface area contributed by atoms with Gasteiger partial charge in [0, 0.05) is 5.02 Å². The summed E-state index contributed by atoms with van der Waals surface area (Å²) in [5, 5.41) is 2.72. The van der Waals surface area contributed by atoms with Crippen molar-refractivity contribution < 1.29 is 14.9 Å². The molecule has 4 nitrogen and oxygen atoms in total. The number of carbonyl (C=O) groups is 2.